The lowest BCUT2D eigenvalue weighted by atomic mass is 9.68. The van der Waals surface area contributed by atoms with Gasteiger partial charge in [0.2, 0.25) is 0 Å². The Morgan fingerprint density at radius 3 is 1.34 bits per heavy atom. The highest BCUT2D eigenvalue weighted by atomic mass is 19.1. The lowest BCUT2D eigenvalue weighted by Crippen LogP contribution is -2.52. The van der Waals surface area contributed by atoms with Gasteiger partial charge in [-0.15, -0.1) is 0 Å². The summed E-state index contributed by atoms with van der Waals surface area (Å²) < 4.78 is 51.0. The number of carbonyl (C=O) groups is 3. The molecule has 14 heteroatoms. The van der Waals surface area contributed by atoms with E-state index in [-0.39, 0.29) is 70.4 Å². The number of ether oxygens (including phenoxy) is 2. The number of benzene rings is 6. The van der Waals surface area contributed by atoms with E-state index >= 15 is 0 Å². The average Bonchev–Trinajstić information content (AvgIpc) is 1.54. The lowest BCUT2D eigenvalue weighted by molar-refractivity contribution is 0.000446. The first kappa shape index (κ1) is 70.5. The molecular formula is C79H103F3N6O5. The Bertz CT molecular complexity index is 3320. The summed E-state index contributed by atoms with van der Waals surface area (Å²) in [5, 5.41) is 11.1. The van der Waals surface area contributed by atoms with E-state index in [4.69, 9.17) is 15.2 Å². The largest absolute Gasteiger partial charge is 0.444 e. The maximum atomic E-state index is 14.0. The second-order valence-electron chi connectivity index (χ2n) is 29.7. The first-order chi connectivity index (χ1) is 44.4. The van der Waals surface area contributed by atoms with E-state index in [2.05, 4.69) is 109 Å². The van der Waals surface area contributed by atoms with Gasteiger partial charge in [0.25, 0.3) is 0 Å². The number of nitrogens with one attached hydrogen (secondary N) is 3. The van der Waals surface area contributed by atoms with Crippen molar-refractivity contribution in [1.82, 2.24) is 25.8 Å². The molecule has 6 fully saturated rings. The third-order valence-electron chi connectivity index (χ3n) is 20.0. The smallest absolute Gasteiger partial charge is 0.410 e. The molecule has 0 saturated heterocycles. The number of Topliss-reactive ketones (excluding diaryl/α,β-unsaturated/α-hetero) is 1. The summed E-state index contributed by atoms with van der Waals surface area (Å²) in [5.74, 6) is 0.794. The summed E-state index contributed by atoms with van der Waals surface area (Å²) in [6.45, 7) is 22.1. The van der Waals surface area contributed by atoms with Crippen molar-refractivity contribution >= 4 is 18.0 Å². The number of nitrogens with two attached hydrogens (primary N) is 1. The highest BCUT2D eigenvalue weighted by molar-refractivity contribution is 5.93. The SMILES string of the molecule is CC(=O)c1ccc(F)cc1.CC(C)(C)OC(=O)N(CC1(CN)CCC1)[C@H]1CC1c1ccccc1.CC(NCC1(CN(C(=O)OC(C)(C)C)[C@H]2CC2c2ccccc2)CCC1)c1ccc(F)cc1.CC(NCC1(CN[C@H]2CC2c2ccccc2)CCC1)c1ccccc1F. The van der Waals surface area contributed by atoms with Gasteiger partial charge in [-0.05, 0) is 197 Å². The summed E-state index contributed by atoms with van der Waals surface area (Å²) in [4.78, 5) is 40.7. The standard InChI is InChI=1S/C28H37FN2O2.C23H29FN2.C20H30N2O2.C8H7FO/c1-20(21-11-13-23(29)14-12-21)30-18-28(15-8-16-28)19-31(26(32)33-27(2,3)4)25-17-24(25)22-9-6-5-7-10-22;1-17(19-10-5-6-11-21(19)24)25-15-23(12-7-13-23)16-26-22-14-20(22)18-8-3-2-4-9-18;1-19(2,3)24-18(23)22(14-20(13-21)10-7-11-20)17-12-16(17)15-8-5-4-6-9-15;1-6(10)7-2-4-8(9)5-3-7/h5-7,9-14,20,24-25,30H,8,15-19H2,1-4H3;2-6,8-11,17,20,22,25-26H,7,12-16H2,1H3;4-6,8-9,16-17H,7,10-14,21H2,1-3H3;2-5H,1H3/t20?,24?,25-;17?,20?,22-;16?,17-;/m000./s1. The van der Waals surface area contributed by atoms with Crippen LogP contribution in [0.5, 0.6) is 0 Å². The molecule has 12 rings (SSSR count). The number of rotatable bonds is 22. The predicted octanol–water partition coefficient (Wildman–Crippen LogP) is 17.2. The van der Waals surface area contributed by atoms with Crippen molar-refractivity contribution in [1.29, 1.82) is 0 Å². The molecule has 6 aliphatic carbocycles. The molecule has 0 aromatic heterocycles. The van der Waals surface area contributed by atoms with Crippen molar-refractivity contribution < 1.29 is 37.0 Å². The van der Waals surface area contributed by atoms with Crippen LogP contribution in [0.3, 0.4) is 0 Å². The zero-order valence-corrected chi connectivity index (χ0v) is 56.6. The molecule has 93 heavy (non-hydrogen) atoms. The van der Waals surface area contributed by atoms with Gasteiger partial charge < -0.3 is 41.0 Å². The normalized spacial score (nSPS) is 22.2. The molecule has 6 saturated carbocycles. The minimum atomic E-state index is -0.519. The molecule has 0 aliphatic heterocycles. The molecule has 6 aromatic carbocycles. The minimum Gasteiger partial charge on any atom is -0.444 e. The molecule has 5 unspecified atom stereocenters. The van der Waals surface area contributed by atoms with Gasteiger partial charge in [-0.3, -0.25) is 4.79 Å². The second-order valence-corrected chi connectivity index (χ2v) is 29.7. The molecule has 0 bridgehead atoms. The topological polar surface area (TPSA) is 138 Å². The Kier molecular flexibility index (Phi) is 23.6. The highest BCUT2D eigenvalue weighted by Crippen LogP contribution is 2.51. The van der Waals surface area contributed by atoms with E-state index in [0.29, 0.717) is 47.9 Å². The van der Waals surface area contributed by atoms with Crippen molar-refractivity contribution in [3.05, 3.63) is 215 Å². The Morgan fingerprint density at radius 2 is 0.925 bits per heavy atom. The number of hydrogen-bond acceptors (Lipinski definition) is 9. The molecule has 8 atom stereocenters. The van der Waals surface area contributed by atoms with Crippen LogP contribution in [0.1, 0.15) is 207 Å². The summed E-state index contributed by atoms with van der Waals surface area (Å²) >= 11 is 0. The van der Waals surface area contributed by atoms with Gasteiger partial charge in [-0.2, -0.15) is 0 Å². The number of hydrogen-bond donors (Lipinski definition) is 4. The molecule has 2 amide bonds. The van der Waals surface area contributed by atoms with E-state index in [9.17, 15) is 27.6 Å². The summed E-state index contributed by atoms with van der Waals surface area (Å²) in [7, 11) is 0. The van der Waals surface area contributed by atoms with Gasteiger partial charge >= 0.3 is 12.2 Å². The molecule has 0 spiro atoms. The quantitative estimate of drug-likeness (QED) is 0.0490. The number of nitrogens with zero attached hydrogens (tertiary/aromatic N) is 2. The van der Waals surface area contributed by atoms with Crippen molar-refractivity contribution in [2.75, 3.05) is 39.3 Å². The van der Waals surface area contributed by atoms with Crippen LogP contribution >= 0.6 is 0 Å². The fourth-order valence-electron chi connectivity index (χ4n) is 13.5. The van der Waals surface area contributed by atoms with Crippen molar-refractivity contribution in [3.8, 4) is 0 Å². The van der Waals surface area contributed by atoms with Crippen molar-refractivity contribution in [3.63, 3.8) is 0 Å². The zero-order valence-electron chi connectivity index (χ0n) is 56.6. The third kappa shape index (κ3) is 20.1. The maximum Gasteiger partial charge on any atom is 0.410 e. The first-order valence-corrected chi connectivity index (χ1v) is 34.2. The van der Waals surface area contributed by atoms with Crippen LogP contribution in [0.25, 0.3) is 0 Å². The fraction of sp³-hybridized carbons (Fsp3) is 0.506. The van der Waals surface area contributed by atoms with Crippen LogP contribution in [0.2, 0.25) is 0 Å². The maximum absolute atomic E-state index is 14.0. The number of ketones is 1. The number of amides is 2. The third-order valence-corrected chi connectivity index (χ3v) is 20.0. The molecule has 0 heterocycles. The van der Waals surface area contributed by atoms with Gasteiger partial charge in [0.1, 0.15) is 28.7 Å². The van der Waals surface area contributed by atoms with Crippen LogP contribution in [0.4, 0.5) is 22.8 Å². The van der Waals surface area contributed by atoms with Gasteiger partial charge in [0, 0.05) is 103 Å². The second kappa shape index (κ2) is 31.1. The van der Waals surface area contributed by atoms with Crippen LogP contribution in [-0.2, 0) is 9.47 Å². The predicted molar refractivity (Wildman–Crippen MR) is 367 cm³/mol. The van der Waals surface area contributed by atoms with Crippen molar-refractivity contribution in [2.24, 2.45) is 22.0 Å². The van der Waals surface area contributed by atoms with Crippen LogP contribution in [-0.4, -0.2) is 96.4 Å². The van der Waals surface area contributed by atoms with Crippen molar-refractivity contribution in [2.45, 2.75) is 199 Å². The molecule has 6 aromatic rings. The molecule has 500 valence electrons. The number of halogens is 3. The summed E-state index contributed by atoms with van der Waals surface area (Å²) in [6, 6.07) is 52.3. The molecule has 11 nitrogen and oxygen atoms in total. The summed E-state index contributed by atoms with van der Waals surface area (Å²) in [6.07, 6.45) is 13.5. The Morgan fingerprint density at radius 1 is 0.516 bits per heavy atom. The van der Waals surface area contributed by atoms with E-state index < -0.39 is 11.2 Å². The Hall–Kier alpha value is -6.84. The lowest BCUT2D eigenvalue weighted by Gasteiger charge is -2.46. The van der Waals surface area contributed by atoms with Gasteiger partial charge in [-0.1, -0.05) is 141 Å². The highest BCUT2D eigenvalue weighted by Gasteiger charge is 2.52. The first-order valence-electron chi connectivity index (χ1n) is 34.2. The average molecular weight is 1270 g/mol. The minimum absolute atomic E-state index is 0.0417. The Labute approximate surface area is 552 Å². The van der Waals surface area contributed by atoms with Gasteiger partial charge in [-0.25, -0.2) is 22.8 Å². The van der Waals surface area contributed by atoms with Crippen LogP contribution in [0.15, 0.2) is 164 Å². The van der Waals surface area contributed by atoms with Crippen LogP contribution < -0.4 is 21.7 Å². The monoisotopic (exact) mass is 1270 g/mol. The van der Waals surface area contributed by atoms with E-state index in [0.717, 1.165) is 75.8 Å². The molecule has 6 aliphatic rings. The zero-order chi connectivity index (χ0) is 66.6. The Balaban J connectivity index is 0.000000155. The summed E-state index contributed by atoms with van der Waals surface area (Å²) in [5.41, 5.74) is 12.0. The number of carbonyl (C=O) groups excluding carboxylic acids is 3. The van der Waals surface area contributed by atoms with Gasteiger partial charge in [0.05, 0.1) is 0 Å². The molecule has 0 radical (unpaired) electrons. The van der Waals surface area contributed by atoms with E-state index in [1.165, 1.54) is 98.5 Å². The van der Waals surface area contributed by atoms with Crippen LogP contribution in [0, 0.1) is 33.7 Å². The fourth-order valence-corrected chi connectivity index (χ4v) is 13.5. The van der Waals surface area contributed by atoms with Gasteiger partial charge in [0.15, 0.2) is 5.78 Å². The molecule has 5 N–H and O–H groups in total. The van der Waals surface area contributed by atoms with E-state index in [1.54, 1.807) is 12.1 Å². The molecular weight excluding hydrogens is 1170 g/mol. The van der Waals surface area contributed by atoms with E-state index in [1.807, 2.05) is 87.7 Å².